The van der Waals surface area contributed by atoms with Gasteiger partial charge in [0.15, 0.2) is 0 Å². The van der Waals surface area contributed by atoms with Gasteiger partial charge < -0.3 is 15.6 Å². The van der Waals surface area contributed by atoms with E-state index in [1.165, 1.54) is 0 Å². The summed E-state index contributed by atoms with van der Waals surface area (Å²) in [7, 11) is 0. The molecule has 1 aliphatic rings. The lowest BCUT2D eigenvalue weighted by Crippen LogP contribution is -2.27. The molecule has 1 aliphatic heterocycles. The van der Waals surface area contributed by atoms with Crippen molar-refractivity contribution in [2.75, 3.05) is 5.32 Å². The number of hydrogen-bond acceptors (Lipinski definition) is 3. The number of nitrogens with zero attached hydrogens (tertiary/aromatic N) is 1. The van der Waals surface area contributed by atoms with E-state index >= 15 is 0 Å². The maximum absolute atomic E-state index is 12.4. The van der Waals surface area contributed by atoms with Crippen LogP contribution in [0.4, 0.5) is 5.69 Å². The highest BCUT2D eigenvalue weighted by atomic mass is 16.2. The van der Waals surface area contributed by atoms with Gasteiger partial charge in [-0.2, -0.15) is 0 Å². The van der Waals surface area contributed by atoms with Gasteiger partial charge in [0.1, 0.15) is 0 Å². The zero-order valence-corrected chi connectivity index (χ0v) is 14.0. The van der Waals surface area contributed by atoms with Gasteiger partial charge in [-0.05, 0) is 49.2 Å². The molecule has 1 aromatic heterocycles. The number of imidazole rings is 1. The van der Waals surface area contributed by atoms with E-state index in [4.69, 9.17) is 0 Å². The second kappa shape index (κ2) is 5.44. The average molecular weight is 334 g/mol. The highest BCUT2D eigenvalue weighted by molar-refractivity contribution is 6.05. The molecule has 0 saturated carbocycles. The van der Waals surface area contributed by atoms with Crippen LogP contribution < -0.4 is 10.6 Å². The number of carbonyl (C=O) groups is 2. The normalized spacial score (nSPS) is 15.0. The summed E-state index contributed by atoms with van der Waals surface area (Å²) in [4.78, 5) is 31.5. The molecule has 2 heterocycles. The maximum Gasteiger partial charge on any atom is 0.251 e. The van der Waals surface area contributed by atoms with Crippen LogP contribution in [0.5, 0.6) is 0 Å². The van der Waals surface area contributed by atoms with Gasteiger partial charge in [0.05, 0.1) is 22.8 Å². The monoisotopic (exact) mass is 334 g/mol. The summed E-state index contributed by atoms with van der Waals surface area (Å²) in [6, 6.07) is 11.1. The molecule has 0 unspecified atom stereocenters. The summed E-state index contributed by atoms with van der Waals surface area (Å²) < 4.78 is 0. The molecule has 25 heavy (non-hydrogen) atoms. The Morgan fingerprint density at radius 1 is 1.20 bits per heavy atom. The summed E-state index contributed by atoms with van der Waals surface area (Å²) in [5, 5.41) is 5.81. The van der Waals surface area contributed by atoms with Crippen molar-refractivity contribution in [1.82, 2.24) is 15.3 Å². The first-order chi connectivity index (χ1) is 11.9. The third-order valence-electron chi connectivity index (χ3n) is 4.71. The topological polar surface area (TPSA) is 86.9 Å². The van der Waals surface area contributed by atoms with Crippen molar-refractivity contribution in [3.63, 3.8) is 0 Å². The van der Waals surface area contributed by atoms with E-state index in [-0.39, 0.29) is 11.8 Å². The predicted octanol–water partition coefficient (Wildman–Crippen LogP) is 2.72. The van der Waals surface area contributed by atoms with Crippen LogP contribution in [0.2, 0.25) is 0 Å². The van der Waals surface area contributed by atoms with Gasteiger partial charge >= 0.3 is 0 Å². The van der Waals surface area contributed by atoms with Gasteiger partial charge in [-0.1, -0.05) is 12.1 Å². The summed E-state index contributed by atoms with van der Waals surface area (Å²) in [6.45, 7) is 4.20. The Kier molecular flexibility index (Phi) is 3.35. The van der Waals surface area contributed by atoms with Crippen LogP contribution in [0.3, 0.4) is 0 Å². The van der Waals surface area contributed by atoms with Crippen molar-refractivity contribution in [3.05, 3.63) is 59.4 Å². The first-order valence-corrected chi connectivity index (χ1v) is 8.11. The molecule has 0 atom stereocenters. The lowest BCUT2D eigenvalue weighted by Gasteiger charge is -2.16. The number of fused-ring (bicyclic) bond motifs is 2. The van der Waals surface area contributed by atoms with Crippen molar-refractivity contribution in [1.29, 1.82) is 0 Å². The first kappa shape index (κ1) is 15.4. The molecule has 0 fully saturated rings. The quantitative estimate of drug-likeness (QED) is 0.688. The predicted molar refractivity (Wildman–Crippen MR) is 95.4 cm³/mol. The number of amides is 2. The fourth-order valence-corrected chi connectivity index (χ4v) is 3.09. The fourth-order valence-electron chi connectivity index (χ4n) is 3.09. The van der Waals surface area contributed by atoms with Crippen molar-refractivity contribution >= 4 is 28.5 Å². The Bertz CT molecular complexity index is 1000. The highest BCUT2D eigenvalue weighted by Gasteiger charge is 2.38. The molecular weight excluding hydrogens is 316 g/mol. The number of rotatable bonds is 3. The van der Waals surface area contributed by atoms with E-state index < -0.39 is 5.41 Å². The Morgan fingerprint density at radius 2 is 2.04 bits per heavy atom. The standard InChI is InChI=1S/C19H18N4O2/c1-19(2)13-7-11(3-5-14(13)23-18(19)25)9-20-17(24)12-4-6-15-16(8-12)22-10-21-15/h3-8,10H,9H2,1-2H3,(H,20,24)(H,21,22)(H,23,25). The largest absolute Gasteiger partial charge is 0.348 e. The minimum atomic E-state index is -0.555. The van der Waals surface area contributed by atoms with Gasteiger partial charge in [0.2, 0.25) is 5.91 Å². The lowest BCUT2D eigenvalue weighted by molar-refractivity contribution is -0.119. The van der Waals surface area contributed by atoms with Crippen LogP contribution in [0.15, 0.2) is 42.7 Å². The van der Waals surface area contributed by atoms with Crippen LogP contribution >= 0.6 is 0 Å². The number of aromatic nitrogens is 2. The van der Waals surface area contributed by atoms with Crippen LogP contribution in [0.25, 0.3) is 11.0 Å². The number of carbonyl (C=O) groups excluding carboxylic acids is 2. The van der Waals surface area contributed by atoms with Gasteiger partial charge in [-0.25, -0.2) is 4.98 Å². The summed E-state index contributed by atoms with van der Waals surface area (Å²) in [5.41, 5.74) is 4.44. The third kappa shape index (κ3) is 2.55. The third-order valence-corrected chi connectivity index (χ3v) is 4.71. The molecule has 126 valence electrons. The van der Waals surface area contributed by atoms with E-state index in [9.17, 15) is 9.59 Å². The fraction of sp³-hybridized carbons (Fsp3) is 0.211. The lowest BCUT2D eigenvalue weighted by atomic mass is 9.85. The van der Waals surface area contributed by atoms with Crippen molar-refractivity contribution in [2.24, 2.45) is 0 Å². The zero-order valence-electron chi connectivity index (χ0n) is 14.0. The van der Waals surface area contributed by atoms with E-state index in [1.54, 1.807) is 18.5 Å². The minimum Gasteiger partial charge on any atom is -0.348 e. The van der Waals surface area contributed by atoms with E-state index in [1.807, 2.05) is 38.1 Å². The molecule has 0 saturated heterocycles. The molecule has 4 rings (SSSR count). The zero-order chi connectivity index (χ0) is 17.6. The molecule has 0 spiro atoms. The van der Waals surface area contributed by atoms with Crippen LogP contribution in [0, 0.1) is 0 Å². The number of hydrogen-bond donors (Lipinski definition) is 3. The molecule has 2 aromatic carbocycles. The van der Waals surface area contributed by atoms with E-state index in [0.717, 1.165) is 27.8 Å². The Labute approximate surface area is 144 Å². The Hall–Kier alpha value is -3.15. The van der Waals surface area contributed by atoms with Gasteiger partial charge in [0, 0.05) is 17.8 Å². The number of nitrogens with one attached hydrogen (secondary N) is 3. The molecule has 0 aliphatic carbocycles. The maximum atomic E-state index is 12.4. The summed E-state index contributed by atoms with van der Waals surface area (Å²) >= 11 is 0. The highest BCUT2D eigenvalue weighted by Crippen LogP contribution is 2.37. The van der Waals surface area contributed by atoms with Gasteiger partial charge in [0.25, 0.3) is 5.91 Å². The minimum absolute atomic E-state index is 0.00320. The molecule has 3 N–H and O–H groups in total. The second-order valence-electron chi connectivity index (χ2n) is 6.78. The van der Waals surface area contributed by atoms with E-state index in [2.05, 4.69) is 20.6 Å². The molecule has 0 bridgehead atoms. The molecular formula is C19H18N4O2. The van der Waals surface area contributed by atoms with Gasteiger partial charge in [-0.15, -0.1) is 0 Å². The summed E-state index contributed by atoms with van der Waals surface area (Å²) in [6.07, 6.45) is 1.61. The summed E-state index contributed by atoms with van der Waals surface area (Å²) in [5.74, 6) is -0.151. The molecule has 6 nitrogen and oxygen atoms in total. The average Bonchev–Trinajstić information content (AvgIpc) is 3.15. The van der Waals surface area contributed by atoms with Crippen LogP contribution in [-0.2, 0) is 16.8 Å². The number of aromatic amines is 1. The van der Waals surface area contributed by atoms with Crippen LogP contribution in [-0.4, -0.2) is 21.8 Å². The SMILES string of the molecule is CC1(C)C(=O)Nc2ccc(CNC(=O)c3ccc4nc[nH]c4c3)cc21. The van der Waals surface area contributed by atoms with Gasteiger partial charge in [-0.3, -0.25) is 9.59 Å². The molecule has 6 heteroatoms. The van der Waals surface area contributed by atoms with Crippen molar-refractivity contribution in [2.45, 2.75) is 25.8 Å². The smallest absolute Gasteiger partial charge is 0.251 e. The Morgan fingerprint density at radius 3 is 2.88 bits per heavy atom. The number of benzene rings is 2. The van der Waals surface area contributed by atoms with E-state index in [0.29, 0.717) is 12.1 Å². The number of anilines is 1. The first-order valence-electron chi connectivity index (χ1n) is 8.11. The van der Waals surface area contributed by atoms with Crippen LogP contribution in [0.1, 0.15) is 35.3 Å². The van der Waals surface area contributed by atoms with Crippen molar-refractivity contribution in [3.8, 4) is 0 Å². The molecule has 3 aromatic rings. The second-order valence-corrected chi connectivity index (χ2v) is 6.78. The number of H-pyrrole nitrogens is 1. The molecule has 2 amide bonds. The Balaban J connectivity index is 1.51. The van der Waals surface area contributed by atoms with Crippen molar-refractivity contribution < 1.29 is 9.59 Å². The molecule has 0 radical (unpaired) electrons.